The molecule has 12 aromatic rings. The number of aromatic nitrogens is 2. The molecule has 2 aromatic heterocycles. The standard InChI is InChI=1S/C54H32N2/c1-2-12-41-33(10-1)23-26-47-44-15-5-8-19-51(44)56(54(41)47)40-25-27-52-48(32-40)45-16-6-7-18-50(45)55(52)39-24-22-34-28-35(20-21-36(34)30-39)38-29-37-11-9-17-46-42-13-3-4-14-43(42)49(31-38)53(37)46/h1-32H. The van der Waals surface area contributed by atoms with E-state index in [2.05, 4.69) is 203 Å². The monoisotopic (exact) mass is 708 g/mol. The molecule has 56 heavy (non-hydrogen) atoms. The van der Waals surface area contributed by atoms with Crippen LogP contribution in [-0.4, -0.2) is 9.13 Å². The van der Waals surface area contributed by atoms with Crippen LogP contribution in [0.4, 0.5) is 0 Å². The molecule has 2 heteroatoms. The highest BCUT2D eigenvalue weighted by Gasteiger charge is 2.22. The van der Waals surface area contributed by atoms with E-state index in [4.69, 9.17) is 0 Å². The zero-order chi connectivity index (χ0) is 36.5. The fourth-order valence-electron chi connectivity index (χ4n) is 9.91. The van der Waals surface area contributed by atoms with Gasteiger partial charge < -0.3 is 9.13 Å². The fraction of sp³-hybridized carbons (Fsp3) is 0. The Balaban J connectivity index is 0.964. The van der Waals surface area contributed by atoms with Gasteiger partial charge in [-0.15, -0.1) is 0 Å². The minimum atomic E-state index is 1.16. The lowest BCUT2D eigenvalue weighted by Gasteiger charge is -2.13. The van der Waals surface area contributed by atoms with E-state index in [9.17, 15) is 0 Å². The van der Waals surface area contributed by atoms with Gasteiger partial charge in [-0.2, -0.15) is 0 Å². The predicted molar refractivity (Wildman–Crippen MR) is 238 cm³/mol. The van der Waals surface area contributed by atoms with Gasteiger partial charge >= 0.3 is 0 Å². The third-order valence-electron chi connectivity index (χ3n) is 12.4. The number of para-hydroxylation sites is 2. The van der Waals surface area contributed by atoms with Gasteiger partial charge in [0.15, 0.2) is 0 Å². The molecule has 0 unspecified atom stereocenters. The van der Waals surface area contributed by atoms with E-state index in [1.807, 2.05) is 0 Å². The topological polar surface area (TPSA) is 9.86 Å². The summed E-state index contributed by atoms with van der Waals surface area (Å²) in [6.07, 6.45) is 0. The first-order valence-electron chi connectivity index (χ1n) is 19.4. The minimum absolute atomic E-state index is 1.16. The number of nitrogens with zero attached hydrogens (tertiary/aromatic N) is 2. The Morgan fingerprint density at radius 1 is 0.268 bits per heavy atom. The molecule has 0 bridgehead atoms. The van der Waals surface area contributed by atoms with Crippen molar-refractivity contribution in [1.29, 1.82) is 0 Å². The second-order valence-electron chi connectivity index (χ2n) is 15.3. The number of benzene rings is 10. The zero-order valence-electron chi connectivity index (χ0n) is 30.4. The third kappa shape index (κ3) is 4.05. The molecular weight excluding hydrogens is 677 g/mol. The number of hydrogen-bond donors (Lipinski definition) is 0. The maximum absolute atomic E-state index is 2.47. The maximum atomic E-state index is 2.47. The fourth-order valence-corrected chi connectivity index (χ4v) is 9.91. The second-order valence-corrected chi connectivity index (χ2v) is 15.3. The Morgan fingerprint density at radius 3 is 1.73 bits per heavy atom. The first-order valence-corrected chi connectivity index (χ1v) is 19.4. The van der Waals surface area contributed by atoms with E-state index in [-0.39, 0.29) is 0 Å². The molecule has 0 aliphatic heterocycles. The smallest absolute Gasteiger partial charge is 0.0619 e. The Hall–Kier alpha value is -7.42. The normalized spacial score (nSPS) is 12.3. The summed E-state index contributed by atoms with van der Waals surface area (Å²) in [5.74, 6) is 0. The van der Waals surface area contributed by atoms with E-state index in [1.54, 1.807) is 0 Å². The molecule has 2 nitrogen and oxygen atoms in total. The SMILES string of the molecule is c1ccc2c(c1)-c1cccc3cc(-c4ccc5cc(-n6c7ccccc7c7cc(-n8c9ccccc9c9ccc%10ccccc%10c98)ccc76)ccc5c4)cc-2c13. The largest absolute Gasteiger partial charge is 0.309 e. The molecule has 0 atom stereocenters. The van der Waals surface area contributed by atoms with Crippen LogP contribution >= 0.6 is 0 Å². The van der Waals surface area contributed by atoms with Crippen molar-refractivity contribution in [3.05, 3.63) is 194 Å². The van der Waals surface area contributed by atoms with Gasteiger partial charge in [0.2, 0.25) is 0 Å². The van der Waals surface area contributed by atoms with Crippen LogP contribution in [0.15, 0.2) is 194 Å². The Bertz CT molecular complexity index is 3650. The van der Waals surface area contributed by atoms with E-state index >= 15 is 0 Å². The van der Waals surface area contributed by atoms with Crippen molar-refractivity contribution in [2.45, 2.75) is 0 Å². The number of hydrogen-bond acceptors (Lipinski definition) is 0. The van der Waals surface area contributed by atoms with Crippen molar-refractivity contribution < 1.29 is 0 Å². The van der Waals surface area contributed by atoms with E-state index < -0.39 is 0 Å². The van der Waals surface area contributed by atoms with Crippen molar-refractivity contribution in [3.63, 3.8) is 0 Å². The van der Waals surface area contributed by atoms with Crippen LogP contribution in [0.3, 0.4) is 0 Å². The Morgan fingerprint density at radius 2 is 0.857 bits per heavy atom. The molecule has 258 valence electrons. The molecular formula is C54H32N2. The van der Waals surface area contributed by atoms with Crippen LogP contribution in [0, 0.1) is 0 Å². The van der Waals surface area contributed by atoms with E-state index in [1.165, 1.54) is 115 Å². The predicted octanol–water partition coefficient (Wildman–Crippen LogP) is 14.7. The zero-order valence-corrected chi connectivity index (χ0v) is 30.4. The molecule has 0 N–H and O–H groups in total. The molecule has 0 radical (unpaired) electrons. The van der Waals surface area contributed by atoms with Gasteiger partial charge in [-0.25, -0.2) is 0 Å². The molecule has 1 aliphatic carbocycles. The van der Waals surface area contributed by atoms with Crippen molar-refractivity contribution in [3.8, 4) is 44.8 Å². The van der Waals surface area contributed by atoms with Crippen LogP contribution < -0.4 is 0 Å². The molecule has 0 saturated carbocycles. The van der Waals surface area contributed by atoms with Crippen LogP contribution in [-0.2, 0) is 0 Å². The summed E-state index contributed by atoms with van der Waals surface area (Å²) in [5.41, 5.74) is 15.0. The first kappa shape index (κ1) is 30.0. The van der Waals surface area contributed by atoms with Gasteiger partial charge in [0.1, 0.15) is 0 Å². The van der Waals surface area contributed by atoms with Crippen LogP contribution in [0.2, 0.25) is 0 Å². The summed E-state index contributed by atoms with van der Waals surface area (Å²) in [5, 5.41) is 12.7. The van der Waals surface area contributed by atoms with Crippen molar-refractivity contribution >= 4 is 75.9 Å². The lowest BCUT2D eigenvalue weighted by Crippen LogP contribution is -1.96. The first-order chi connectivity index (χ1) is 27.8. The lowest BCUT2D eigenvalue weighted by atomic mass is 9.95. The highest BCUT2D eigenvalue weighted by Crippen LogP contribution is 2.49. The highest BCUT2D eigenvalue weighted by molar-refractivity contribution is 6.20. The van der Waals surface area contributed by atoms with E-state index in [0.717, 1.165) is 5.69 Å². The summed E-state index contributed by atoms with van der Waals surface area (Å²) in [7, 11) is 0. The molecule has 1 aliphatic rings. The van der Waals surface area contributed by atoms with Crippen LogP contribution in [0.25, 0.3) is 121 Å². The van der Waals surface area contributed by atoms with Gasteiger partial charge in [0.25, 0.3) is 0 Å². The summed E-state index contributed by atoms with van der Waals surface area (Å²) in [4.78, 5) is 0. The molecule has 10 aromatic carbocycles. The minimum Gasteiger partial charge on any atom is -0.309 e. The average molecular weight is 709 g/mol. The lowest BCUT2D eigenvalue weighted by molar-refractivity contribution is 1.17. The average Bonchev–Trinajstić information content (AvgIpc) is 3.90. The maximum Gasteiger partial charge on any atom is 0.0619 e. The summed E-state index contributed by atoms with van der Waals surface area (Å²) < 4.78 is 4.90. The number of fused-ring (bicyclic) bond motifs is 12. The van der Waals surface area contributed by atoms with Crippen LogP contribution in [0.5, 0.6) is 0 Å². The van der Waals surface area contributed by atoms with Gasteiger partial charge in [-0.1, -0.05) is 133 Å². The summed E-state index contributed by atoms with van der Waals surface area (Å²) >= 11 is 0. The Labute approximate surface area is 322 Å². The highest BCUT2D eigenvalue weighted by atomic mass is 15.0. The molecule has 0 saturated heterocycles. The Kier molecular flexibility index (Phi) is 5.92. The van der Waals surface area contributed by atoms with Gasteiger partial charge in [-0.05, 0) is 121 Å². The molecule has 0 amide bonds. The summed E-state index contributed by atoms with van der Waals surface area (Å²) in [6, 6.07) is 72.1. The summed E-state index contributed by atoms with van der Waals surface area (Å²) in [6.45, 7) is 0. The molecule has 13 rings (SSSR count). The third-order valence-corrected chi connectivity index (χ3v) is 12.4. The van der Waals surface area contributed by atoms with E-state index in [0.29, 0.717) is 0 Å². The van der Waals surface area contributed by atoms with Crippen molar-refractivity contribution in [1.82, 2.24) is 9.13 Å². The van der Waals surface area contributed by atoms with Crippen LogP contribution in [0.1, 0.15) is 0 Å². The second kappa shape index (κ2) is 11.1. The molecule has 0 spiro atoms. The van der Waals surface area contributed by atoms with Gasteiger partial charge in [0, 0.05) is 38.3 Å². The quantitative estimate of drug-likeness (QED) is 0.173. The van der Waals surface area contributed by atoms with Gasteiger partial charge in [0.05, 0.1) is 22.1 Å². The number of rotatable bonds is 3. The van der Waals surface area contributed by atoms with Crippen molar-refractivity contribution in [2.24, 2.45) is 0 Å². The van der Waals surface area contributed by atoms with Crippen molar-refractivity contribution in [2.75, 3.05) is 0 Å². The molecule has 0 fully saturated rings. The molecule has 2 heterocycles. The van der Waals surface area contributed by atoms with Gasteiger partial charge in [-0.3, -0.25) is 0 Å².